The zero-order valence-electron chi connectivity index (χ0n) is 10.4. The van der Waals surface area contributed by atoms with Crippen molar-refractivity contribution in [3.63, 3.8) is 0 Å². The van der Waals surface area contributed by atoms with Crippen molar-refractivity contribution in [3.8, 4) is 12.3 Å². The first kappa shape index (κ1) is 13.2. The Balaban J connectivity index is 2.23. The molecule has 1 N–H and O–H groups in total. The lowest BCUT2D eigenvalue weighted by Crippen LogP contribution is -2.12. The molecule has 3 heteroatoms. The third-order valence-corrected chi connectivity index (χ3v) is 2.81. The van der Waals surface area contributed by atoms with Crippen molar-refractivity contribution in [2.75, 3.05) is 5.32 Å². The predicted octanol–water partition coefficient (Wildman–Crippen LogP) is 3.88. The van der Waals surface area contributed by atoms with Gasteiger partial charge in [0.1, 0.15) is 0 Å². The molecular formula is C16H12ClNO. The molecule has 2 aromatic carbocycles. The van der Waals surface area contributed by atoms with Crippen LogP contribution < -0.4 is 5.32 Å². The number of anilines is 1. The van der Waals surface area contributed by atoms with E-state index in [1.165, 1.54) is 0 Å². The van der Waals surface area contributed by atoms with Crippen LogP contribution in [0.1, 0.15) is 21.5 Å². The average Bonchev–Trinajstić information content (AvgIpc) is 2.37. The zero-order chi connectivity index (χ0) is 13.8. The van der Waals surface area contributed by atoms with Crippen molar-refractivity contribution in [3.05, 3.63) is 64.2 Å². The van der Waals surface area contributed by atoms with E-state index in [1.54, 1.807) is 42.5 Å². The molecule has 0 aliphatic carbocycles. The van der Waals surface area contributed by atoms with Gasteiger partial charge in [-0.3, -0.25) is 4.79 Å². The lowest BCUT2D eigenvalue weighted by atomic mass is 10.1. The van der Waals surface area contributed by atoms with E-state index in [0.717, 1.165) is 11.1 Å². The summed E-state index contributed by atoms with van der Waals surface area (Å²) in [6, 6.07) is 12.4. The average molecular weight is 270 g/mol. The second-order valence-electron chi connectivity index (χ2n) is 4.20. The van der Waals surface area contributed by atoms with Crippen LogP contribution in [0, 0.1) is 19.3 Å². The van der Waals surface area contributed by atoms with E-state index < -0.39 is 0 Å². The number of aryl methyl sites for hydroxylation is 1. The molecule has 2 rings (SSSR count). The van der Waals surface area contributed by atoms with Gasteiger partial charge in [-0.2, -0.15) is 0 Å². The van der Waals surface area contributed by atoms with Crippen LogP contribution in [0.25, 0.3) is 0 Å². The van der Waals surface area contributed by atoms with E-state index in [2.05, 4.69) is 11.2 Å². The van der Waals surface area contributed by atoms with Crippen LogP contribution in [0.4, 0.5) is 5.69 Å². The highest BCUT2D eigenvalue weighted by Gasteiger charge is 2.07. The van der Waals surface area contributed by atoms with Gasteiger partial charge in [-0.15, -0.1) is 6.42 Å². The van der Waals surface area contributed by atoms with Crippen molar-refractivity contribution in [1.29, 1.82) is 0 Å². The maximum absolute atomic E-state index is 12.1. The molecule has 0 heterocycles. The summed E-state index contributed by atoms with van der Waals surface area (Å²) in [5.41, 5.74) is 2.85. The van der Waals surface area contributed by atoms with Crippen molar-refractivity contribution in [1.82, 2.24) is 0 Å². The van der Waals surface area contributed by atoms with Crippen molar-refractivity contribution < 1.29 is 4.79 Å². The molecule has 0 aliphatic rings. The Kier molecular flexibility index (Phi) is 3.89. The summed E-state index contributed by atoms with van der Waals surface area (Å²) in [7, 11) is 0. The number of carbonyl (C=O) groups excluding carboxylic acids is 1. The van der Waals surface area contributed by atoms with Crippen LogP contribution >= 0.6 is 11.6 Å². The van der Waals surface area contributed by atoms with Gasteiger partial charge in [-0.1, -0.05) is 23.6 Å². The molecule has 1 amide bonds. The number of hydrogen-bond donors (Lipinski definition) is 1. The first-order chi connectivity index (χ1) is 9.08. The monoisotopic (exact) mass is 269 g/mol. The number of amides is 1. The SMILES string of the molecule is C#Cc1cccc(NC(=O)c2cc(C)cc(Cl)c2)c1. The number of nitrogens with one attached hydrogen (secondary N) is 1. The molecule has 0 bridgehead atoms. The first-order valence-corrected chi connectivity index (χ1v) is 6.11. The van der Waals surface area contributed by atoms with E-state index >= 15 is 0 Å². The van der Waals surface area contributed by atoms with Gasteiger partial charge in [0, 0.05) is 21.8 Å². The maximum Gasteiger partial charge on any atom is 0.255 e. The molecule has 0 spiro atoms. The third-order valence-electron chi connectivity index (χ3n) is 2.59. The number of hydrogen-bond acceptors (Lipinski definition) is 1. The van der Waals surface area contributed by atoms with E-state index in [9.17, 15) is 4.79 Å². The van der Waals surface area contributed by atoms with E-state index in [1.807, 2.05) is 6.92 Å². The van der Waals surface area contributed by atoms with Crippen LogP contribution in [0.2, 0.25) is 5.02 Å². The van der Waals surface area contributed by atoms with Crippen molar-refractivity contribution in [2.45, 2.75) is 6.92 Å². The number of halogens is 1. The Morgan fingerprint density at radius 2 is 2.05 bits per heavy atom. The van der Waals surface area contributed by atoms with Crippen LogP contribution in [-0.2, 0) is 0 Å². The highest BCUT2D eigenvalue weighted by Crippen LogP contribution is 2.17. The van der Waals surface area contributed by atoms with E-state index in [4.69, 9.17) is 18.0 Å². The number of benzene rings is 2. The fourth-order valence-electron chi connectivity index (χ4n) is 1.76. The summed E-state index contributed by atoms with van der Waals surface area (Å²) >= 11 is 5.94. The van der Waals surface area contributed by atoms with Crippen LogP contribution in [0.5, 0.6) is 0 Å². The van der Waals surface area contributed by atoms with Gasteiger partial charge in [-0.05, 0) is 48.9 Å². The molecule has 2 aromatic rings. The normalized spacial score (nSPS) is 9.74. The number of carbonyl (C=O) groups is 1. The number of terminal acetylenes is 1. The van der Waals surface area contributed by atoms with E-state index in [0.29, 0.717) is 16.3 Å². The highest BCUT2D eigenvalue weighted by molar-refractivity contribution is 6.31. The molecule has 2 nitrogen and oxygen atoms in total. The second kappa shape index (κ2) is 5.60. The van der Waals surface area contributed by atoms with Gasteiger partial charge in [-0.25, -0.2) is 0 Å². The molecular weight excluding hydrogens is 258 g/mol. The van der Waals surface area contributed by atoms with Gasteiger partial charge in [0.15, 0.2) is 0 Å². The Labute approximate surface area is 117 Å². The van der Waals surface area contributed by atoms with Crippen molar-refractivity contribution >= 4 is 23.2 Å². The smallest absolute Gasteiger partial charge is 0.255 e. The van der Waals surface area contributed by atoms with Gasteiger partial charge >= 0.3 is 0 Å². The highest BCUT2D eigenvalue weighted by atomic mass is 35.5. The van der Waals surface area contributed by atoms with E-state index in [-0.39, 0.29) is 5.91 Å². The molecule has 0 radical (unpaired) electrons. The van der Waals surface area contributed by atoms with Gasteiger partial charge < -0.3 is 5.32 Å². The summed E-state index contributed by atoms with van der Waals surface area (Å²) in [5.74, 6) is 2.32. The fraction of sp³-hybridized carbons (Fsp3) is 0.0625. The Hall–Kier alpha value is -2.24. The molecule has 0 aliphatic heterocycles. The minimum Gasteiger partial charge on any atom is -0.322 e. The lowest BCUT2D eigenvalue weighted by Gasteiger charge is -2.07. The standard InChI is InChI=1S/C16H12ClNO/c1-3-12-5-4-6-15(9-12)18-16(19)13-7-11(2)8-14(17)10-13/h1,4-10H,2H3,(H,18,19). The lowest BCUT2D eigenvalue weighted by molar-refractivity contribution is 0.102. The van der Waals surface area contributed by atoms with Gasteiger partial charge in [0.2, 0.25) is 0 Å². The third kappa shape index (κ3) is 3.37. The van der Waals surface area contributed by atoms with Crippen molar-refractivity contribution in [2.24, 2.45) is 0 Å². The molecule has 0 saturated carbocycles. The van der Waals surface area contributed by atoms with Crippen LogP contribution in [0.15, 0.2) is 42.5 Å². The molecule has 0 aromatic heterocycles. The summed E-state index contributed by atoms with van der Waals surface area (Å²) in [6.07, 6.45) is 5.32. The predicted molar refractivity (Wildman–Crippen MR) is 78.5 cm³/mol. The number of rotatable bonds is 2. The maximum atomic E-state index is 12.1. The summed E-state index contributed by atoms with van der Waals surface area (Å²) < 4.78 is 0. The molecule has 94 valence electrons. The quantitative estimate of drug-likeness (QED) is 0.824. The fourth-order valence-corrected chi connectivity index (χ4v) is 2.05. The second-order valence-corrected chi connectivity index (χ2v) is 4.63. The summed E-state index contributed by atoms with van der Waals surface area (Å²) in [5, 5.41) is 3.34. The Morgan fingerprint density at radius 3 is 2.74 bits per heavy atom. The van der Waals surface area contributed by atoms with Gasteiger partial charge in [0.25, 0.3) is 5.91 Å². The minimum absolute atomic E-state index is 0.209. The molecule has 0 atom stereocenters. The first-order valence-electron chi connectivity index (χ1n) is 5.74. The Morgan fingerprint density at radius 1 is 1.26 bits per heavy atom. The van der Waals surface area contributed by atoms with Crippen LogP contribution in [0.3, 0.4) is 0 Å². The molecule has 0 saturated heterocycles. The topological polar surface area (TPSA) is 29.1 Å². The molecule has 0 fully saturated rings. The summed E-state index contributed by atoms with van der Waals surface area (Å²) in [4.78, 5) is 12.1. The molecule has 19 heavy (non-hydrogen) atoms. The minimum atomic E-state index is -0.209. The zero-order valence-corrected chi connectivity index (χ0v) is 11.2. The van der Waals surface area contributed by atoms with Gasteiger partial charge in [0.05, 0.1) is 0 Å². The Bertz CT molecular complexity index is 650. The summed E-state index contributed by atoms with van der Waals surface area (Å²) in [6.45, 7) is 1.89. The molecule has 0 unspecified atom stereocenters. The largest absolute Gasteiger partial charge is 0.322 e. The van der Waals surface area contributed by atoms with Crippen LogP contribution in [-0.4, -0.2) is 5.91 Å².